The smallest absolute Gasteiger partial charge is 0.0433 e. The molecule has 0 saturated carbocycles. The molecule has 0 bridgehead atoms. The highest BCUT2D eigenvalue weighted by Crippen LogP contribution is 2.47. The van der Waals surface area contributed by atoms with E-state index in [0.717, 1.165) is 0 Å². The molecule has 10 rings (SSSR count). The lowest BCUT2D eigenvalue weighted by atomic mass is 9.85. The Morgan fingerprint density at radius 1 is 0.295 bits per heavy atom. The van der Waals surface area contributed by atoms with Gasteiger partial charge in [0.2, 0.25) is 0 Å². The highest BCUT2D eigenvalue weighted by Gasteiger charge is 2.18. The lowest BCUT2D eigenvalue weighted by Gasteiger charge is -2.18. The van der Waals surface area contributed by atoms with Gasteiger partial charge in [0.1, 0.15) is 0 Å². The van der Waals surface area contributed by atoms with E-state index in [1.54, 1.807) is 0 Å². The molecule has 10 aromatic rings. The zero-order valence-electron chi connectivity index (χ0n) is 23.7. The normalized spacial score (nSPS) is 12.1. The van der Waals surface area contributed by atoms with Crippen molar-refractivity contribution >= 4 is 95.3 Å². The minimum absolute atomic E-state index is 1.27. The number of rotatable bonds is 2. The fraction of sp³-hybridized carbons (Fsp3) is 0. The Kier molecular flexibility index (Phi) is 5.13. The quantitative estimate of drug-likeness (QED) is 0.175. The second kappa shape index (κ2) is 9.24. The predicted molar refractivity (Wildman–Crippen MR) is 196 cm³/mol. The van der Waals surface area contributed by atoms with E-state index >= 15 is 0 Å². The van der Waals surface area contributed by atoms with Crippen LogP contribution in [-0.4, -0.2) is 0 Å². The number of fused-ring (bicyclic) bond motifs is 10. The summed E-state index contributed by atoms with van der Waals surface area (Å²) in [5.74, 6) is 0. The van der Waals surface area contributed by atoms with Crippen LogP contribution in [0.5, 0.6) is 0 Å². The maximum atomic E-state index is 2.43. The van der Waals surface area contributed by atoms with Crippen molar-refractivity contribution < 1.29 is 0 Å². The van der Waals surface area contributed by atoms with Crippen LogP contribution in [0.4, 0.5) is 0 Å². The molecule has 0 N–H and O–H groups in total. The van der Waals surface area contributed by atoms with Gasteiger partial charge in [0.15, 0.2) is 0 Å². The summed E-state index contributed by atoms with van der Waals surface area (Å²) >= 11 is 3.78. The highest BCUT2D eigenvalue weighted by atomic mass is 32.1. The zero-order valence-corrected chi connectivity index (χ0v) is 25.3. The van der Waals surface area contributed by atoms with Gasteiger partial charge in [-0.05, 0) is 84.9 Å². The Morgan fingerprint density at radius 2 is 0.773 bits per heavy atom. The minimum Gasteiger partial charge on any atom is -0.135 e. The van der Waals surface area contributed by atoms with Crippen molar-refractivity contribution in [1.82, 2.24) is 0 Å². The van der Waals surface area contributed by atoms with Gasteiger partial charge in [-0.25, -0.2) is 0 Å². The average Bonchev–Trinajstić information content (AvgIpc) is 3.65. The summed E-state index contributed by atoms with van der Waals surface area (Å²) in [6, 6.07) is 54.2. The van der Waals surface area contributed by atoms with Crippen LogP contribution in [0, 0.1) is 0 Å². The predicted octanol–water partition coefficient (Wildman–Crippen LogP) is 13.2. The SMILES string of the molecule is c1ccc2c(c1)ccc1c3cc(-c4c5ccccc5c(-c5ccc6sc7ccccc7c6c5)c5ccccc45)ccc3sc21. The van der Waals surface area contributed by atoms with Crippen LogP contribution in [0.2, 0.25) is 0 Å². The maximum Gasteiger partial charge on any atom is 0.0433 e. The summed E-state index contributed by atoms with van der Waals surface area (Å²) in [5, 5.41) is 13.2. The third-order valence-electron chi connectivity index (χ3n) is 9.25. The molecule has 0 nitrogen and oxygen atoms in total. The van der Waals surface area contributed by atoms with E-state index in [-0.39, 0.29) is 0 Å². The molecule has 0 aliphatic carbocycles. The van der Waals surface area contributed by atoms with Crippen molar-refractivity contribution in [2.45, 2.75) is 0 Å². The van der Waals surface area contributed by atoms with Gasteiger partial charge in [0.05, 0.1) is 0 Å². The molecule has 0 atom stereocenters. The first-order valence-electron chi connectivity index (χ1n) is 15.0. The van der Waals surface area contributed by atoms with Gasteiger partial charge < -0.3 is 0 Å². The first-order chi connectivity index (χ1) is 21.8. The second-order valence-electron chi connectivity index (χ2n) is 11.6. The third kappa shape index (κ3) is 3.44. The van der Waals surface area contributed by atoms with Crippen LogP contribution in [0.25, 0.3) is 94.9 Å². The van der Waals surface area contributed by atoms with Crippen LogP contribution in [-0.2, 0) is 0 Å². The van der Waals surface area contributed by atoms with E-state index in [9.17, 15) is 0 Å². The largest absolute Gasteiger partial charge is 0.135 e. The molecule has 0 fully saturated rings. The molecule has 2 aromatic heterocycles. The third-order valence-corrected chi connectivity index (χ3v) is 11.6. The summed E-state index contributed by atoms with van der Waals surface area (Å²) in [4.78, 5) is 0. The molecule has 0 saturated heterocycles. The van der Waals surface area contributed by atoms with Crippen molar-refractivity contribution in [2.75, 3.05) is 0 Å². The lowest BCUT2D eigenvalue weighted by Crippen LogP contribution is -1.90. The molecule has 2 heterocycles. The first kappa shape index (κ1) is 24.4. The minimum atomic E-state index is 1.27. The highest BCUT2D eigenvalue weighted by molar-refractivity contribution is 7.26. The Balaban J connectivity index is 1.27. The van der Waals surface area contributed by atoms with Crippen molar-refractivity contribution in [3.63, 3.8) is 0 Å². The Labute approximate surface area is 262 Å². The monoisotopic (exact) mass is 592 g/mol. The summed E-state index contributed by atoms with van der Waals surface area (Å²) in [6.07, 6.45) is 0. The maximum absolute atomic E-state index is 2.43. The molecule has 8 aromatic carbocycles. The van der Waals surface area contributed by atoms with E-state index in [0.29, 0.717) is 0 Å². The van der Waals surface area contributed by atoms with Gasteiger partial charge in [-0.2, -0.15) is 0 Å². The van der Waals surface area contributed by atoms with Gasteiger partial charge >= 0.3 is 0 Å². The molecule has 0 spiro atoms. The van der Waals surface area contributed by atoms with Gasteiger partial charge in [-0.15, -0.1) is 22.7 Å². The van der Waals surface area contributed by atoms with Crippen molar-refractivity contribution in [1.29, 1.82) is 0 Å². The average molecular weight is 593 g/mol. The topological polar surface area (TPSA) is 0 Å². The molecule has 204 valence electrons. The molecule has 44 heavy (non-hydrogen) atoms. The van der Waals surface area contributed by atoms with Crippen molar-refractivity contribution in [2.24, 2.45) is 0 Å². The fourth-order valence-corrected chi connectivity index (χ4v) is 9.60. The van der Waals surface area contributed by atoms with Crippen LogP contribution < -0.4 is 0 Å². The van der Waals surface area contributed by atoms with Crippen LogP contribution >= 0.6 is 22.7 Å². The van der Waals surface area contributed by atoms with E-state index in [4.69, 9.17) is 0 Å². The molecule has 2 heteroatoms. The van der Waals surface area contributed by atoms with Gasteiger partial charge in [-0.3, -0.25) is 0 Å². The molecule has 0 aliphatic rings. The lowest BCUT2D eigenvalue weighted by molar-refractivity contribution is 1.70. The first-order valence-corrected chi connectivity index (χ1v) is 16.6. The fourth-order valence-electron chi connectivity index (χ4n) is 7.29. The summed E-state index contributed by atoms with van der Waals surface area (Å²) in [6.45, 7) is 0. The molecular formula is C42H24S2. The molecule has 0 amide bonds. The van der Waals surface area contributed by atoms with E-state index < -0.39 is 0 Å². The van der Waals surface area contributed by atoms with Gasteiger partial charge in [0.25, 0.3) is 0 Å². The Morgan fingerprint density at radius 3 is 1.41 bits per heavy atom. The summed E-state index contributed by atoms with van der Waals surface area (Å²) < 4.78 is 5.39. The van der Waals surface area contributed by atoms with Crippen LogP contribution in [0.15, 0.2) is 146 Å². The molecule has 0 radical (unpaired) electrons. The van der Waals surface area contributed by atoms with E-state index in [1.807, 2.05) is 22.7 Å². The number of benzene rings is 8. The second-order valence-corrected chi connectivity index (χ2v) is 13.8. The zero-order chi connectivity index (χ0) is 28.8. The number of thiophene rings is 2. The van der Waals surface area contributed by atoms with Gasteiger partial charge in [0, 0.05) is 40.3 Å². The van der Waals surface area contributed by atoms with Crippen LogP contribution in [0.3, 0.4) is 0 Å². The summed E-state index contributed by atoms with van der Waals surface area (Å²) in [7, 11) is 0. The molecule has 0 aliphatic heterocycles. The van der Waals surface area contributed by atoms with Crippen molar-refractivity contribution in [3.05, 3.63) is 146 Å². The van der Waals surface area contributed by atoms with Crippen LogP contribution in [0.1, 0.15) is 0 Å². The van der Waals surface area contributed by atoms with Crippen molar-refractivity contribution in [3.8, 4) is 22.3 Å². The number of hydrogen-bond acceptors (Lipinski definition) is 2. The standard InChI is InChI=1S/C42H24S2/c1-2-10-28-25(9-1)17-20-34-36-24-27(19-22-39(36)44-42(28)34)41-32-14-5-3-12-30(32)40(31-13-4-6-15-33(31)41)26-18-21-38-35(23-26)29-11-7-8-16-37(29)43-38/h1-24H. The summed E-state index contributed by atoms with van der Waals surface area (Å²) in [5.41, 5.74) is 5.16. The Bertz CT molecular complexity index is 2720. The Hall–Kier alpha value is -5.02. The van der Waals surface area contributed by atoms with E-state index in [2.05, 4.69) is 146 Å². The number of hydrogen-bond donors (Lipinski definition) is 0. The van der Waals surface area contributed by atoms with Gasteiger partial charge in [-0.1, -0.05) is 115 Å². The molecule has 0 unspecified atom stereocenters. The molecular weight excluding hydrogens is 569 g/mol. The van der Waals surface area contributed by atoms with E-state index in [1.165, 1.54) is 94.9 Å².